The molecule has 0 bridgehead atoms. The second-order valence-electron chi connectivity index (χ2n) is 8.72. The third-order valence-electron chi connectivity index (χ3n) is 5.71. The Hall–Kier alpha value is -5.23. The van der Waals surface area contributed by atoms with Gasteiger partial charge in [0.1, 0.15) is 12.3 Å². The lowest BCUT2D eigenvalue weighted by atomic mass is 10.1. The number of thiophene rings is 1. The Morgan fingerprint density at radius 2 is 1.55 bits per heavy atom. The van der Waals surface area contributed by atoms with E-state index >= 15 is 0 Å². The Labute approximate surface area is 231 Å². The lowest BCUT2D eigenvalue weighted by Crippen LogP contribution is -2.35. The Morgan fingerprint density at radius 1 is 0.875 bits per heavy atom. The Kier molecular flexibility index (Phi) is 8.40. The Morgan fingerprint density at radius 3 is 2.17 bits per heavy atom. The van der Waals surface area contributed by atoms with Gasteiger partial charge in [-0.1, -0.05) is 24.3 Å². The molecule has 12 heteroatoms. The topological polar surface area (TPSA) is 186 Å². The number of carbonyl (C=O) groups is 4. The summed E-state index contributed by atoms with van der Waals surface area (Å²) in [6.45, 7) is -0.502. The minimum absolute atomic E-state index is 0.0213. The zero-order valence-electron chi connectivity index (χ0n) is 20.9. The number of carbonyl (C=O) groups excluding carboxylic acids is 2. The van der Waals surface area contributed by atoms with Crippen molar-refractivity contribution in [1.29, 1.82) is 0 Å². The van der Waals surface area contributed by atoms with Gasteiger partial charge in [0, 0.05) is 22.0 Å². The van der Waals surface area contributed by atoms with Crippen molar-refractivity contribution in [3.8, 4) is 5.75 Å². The van der Waals surface area contributed by atoms with Gasteiger partial charge < -0.3 is 31.3 Å². The number of carboxylic acid groups (broad SMARTS) is 2. The van der Waals surface area contributed by atoms with Gasteiger partial charge in [0.25, 0.3) is 5.91 Å². The summed E-state index contributed by atoms with van der Waals surface area (Å²) < 4.78 is 6.16. The van der Waals surface area contributed by atoms with E-state index in [2.05, 4.69) is 4.99 Å². The van der Waals surface area contributed by atoms with Crippen molar-refractivity contribution < 1.29 is 34.1 Å². The summed E-state index contributed by atoms with van der Waals surface area (Å²) in [7, 11) is 0. The first-order valence-electron chi connectivity index (χ1n) is 11.8. The number of aliphatic imine (C=N–C) groups is 1. The summed E-state index contributed by atoms with van der Waals surface area (Å²) in [6.07, 6.45) is -0.137. The predicted molar refractivity (Wildman–Crippen MR) is 149 cm³/mol. The molecule has 1 aromatic heterocycles. The van der Waals surface area contributed by atoms with Gasteiger partial charge in [-0.05, 0) is 53.6 Å². The van der Waals surface area contributed by atoms with Crippen LogP contribution >= 0.6 is 11.3 Å². The SMILES string of the molecule is NC(N)=Nc1ccc(C(=O)Oc2ccc3c(C(=O)N(CC(=O)O)Cc4ccc(CC(=O)O)cc4)csc3c2)cc1. The first-order valence-corrected chi connectivity index (χ1v) is 12.7. The minimum Gasteiger partial charge on any atom is -0.481 e. The zero-order chi connectivity index (χ0) is 28.8. The molecule has 0 aliphatic heterocycles. The van der Waals surface area contributed by atoms with Gasteiger partial charge in [-0.3, -0.25) is 14.4 Å². The molecular weight excluding hydrogens is 536 g/mol. The average molecular weight is 561 g/mol. The fraction of sp³-hybridized carbons (Fsp3) is 0.107. The molecule has 0 radical (unpaired) electrons. The van der Waals surface area contributed by atoms with E-state index in [0.29, 0.717) is 32.5 Å². The maximum absolute atomic E-state index is 13.4. The van der Waals surface area contributed by atoms with Crippen molar-refractivity contribution in [2.24, 2.45) is 16.5 Å². The number of guanidine groups is 1. The van der Waals surface area contributed by atoms with E-state index in [4.69, 9.17) is 21.3 Å². The number of hydrogen-bond donors (Lipinski definition) is 4. The highest BCUT2D eigenvalue weighted by Crippen LogP contribution is 2.31. The summed E-state index contributed by atoms with van der Waals surface area (Å²) in [5.74, 6) is -3.03. The van der Waals surface area contributed by atoms with Gasteiger partial charge >= 0.3 is 17.9 Å². The molecule has 1 amide bonds. The van der Waals surface area contributed by atoms with E-state index in [9.17, 15) is 24.3 Å². The normalized spacial score (nSPS) is 10.6. The average Bonchev–Trinajstić information content (AvgIpc) is 3.31. The third-order valence-corrected chi connectivity index (χ3v) is 6.66. The van der Waals surface area contributed by atoms with Crippen LogP contribution in [0.3, 0.4) is 0 Å². The summed E-state index contributed by atoms with van der Waals surface area (Å²) in [4.78, 5) is 53.5. The van der Waals surface area contributed by atoms with Crippen LogP contribution in [0.2, 0.25) is 0 Å². The molecular formula is C28H24N4O7S. The quantitative estimate of drug-likeness (QED) is 0.0976. The number of fused-ring (bicyclic) bond motifs is 1. The number of nitrogens with two attached hydrogens (primary N) is 2. The maximum Gasteiger partial charge on any atom is 0.343 e. The molecule has 4 aromatic rings. The lowest BCUT2D eigenvalue weighted by Gasteiger charge is -2.21. The molecule has 4 rings (SSSR count). The number of esters is 1. The molecule has 6 N–H and O–H groups in total. The molecule has 0 spiro atoms. The van der Waals surface area contributed by atoms with Crippen molar-refractivity contribution in [2.75, 3.05) is 6.54 Å². The molecule has 1 heterocycles. The summed E-state index contributed by atoms with van der Waals surface area (Å²) in [5, 5.41) is 20.6. The number of aliphatic carboxylic acids is 2. The third kappa shape index (κ3) is 6.99. The summed E-state index contributed by atoms with van der Waals surface area (Å²) >= 11 is 1.26. The molecule has 0 aliphatic carbocycles. The van der Waals surface area contributed by atoms with Crippen LogP contribution in [0.4, 0.5) is 5.69 Å². The number of ether oxygens (including phenoxy) is 1. The van der Waals surface area contributed by atoms with Crippen LogP contribution in [0.15, 0.2) is 77.1 Å². The predicted octanol–water partition coefficient (Wildman–Crippen LogP) is 3.38. The number of carboxylic acids is 2. The van der Waals surface area contributed by atoms with E-state index in [0.717, 1.165) is 0 Å². The Balaban J connectivity index is 1.50. The first-order chi connectivity index (χ1) is 19.1. The molecule has 40 heavy (non-hydrogen) atoms. The second kappa shape index (κ2) is 12.1. The van der Waals surface area contributed by atoms with E-state index in [1.165, 1.54) is 28.4 Å². The van der Waals surface area contributed by atoms with E-state index < -0.39 is 30.4 Å². The molecule has 0 fully saturated rings. The number of hydrogen-bond acceptors (Lipinski definition) is 7. The van der Waals surface area contributed by atoms with Gasteiger partial charge in [0.2, 0.25) is 0 Å². The highest BCUT2D eigenvalue weighted by Gasteiger charge is 2.22. The van der Waals surface area contributed by atoms with Crippen LogP contribution in [-0.4, -0.2) is 51.4 Å². The van der Waals surface area contributed by atoms with E-state index in [1.54, 1.807) is 60.0 Å². The summed E-state index contributed by atoms with van der Waals surface area (Å²) in [5.41, 5.74) is 13.0. The number of benzene rings is 3. The molecule has 11 nitrogen and oxygen atoms in total. The van der Waals surface area contributed by atoms with Crippen molar-refractivity contribution in [2.45, 2.75) is 13.0 Å². The number of rotatable bonds is 10. The second-order valence-corrected chi connectivity index (χ2v) is 9.63. The molecule has 0 aliphatic rings. The van der Waals surface area contributed by atoms with Crippen molar-refractivity contribution in [3.63, 3.8) is 0 Å². The molecule has 204 valence electrons. The van der Waals surface area contributed by atoms with Crippen LogP contribution in [0.25, 0.3) is 10.1 Å². The van der Waals surface area contributed by atoms with Crippen LogP contribution in [0.1, 0.15) is 31.8 Å². The monoisotopic (exact) mass is 560 g/mol. The highest BCUT2D eigenvalue weighted by atomic mass is 32.1. The van der Waals surface area contributed by atoms with Crippen molar-refractivity contribution in [3.05, 3.63) is 94.4 Å². The largest absolute Gasteiger partial charge is 0.481 e. The van der Waals surface area contributed by atoms with Gasteiger partial charge in [-0.15, -0.1) is 11.3 Å². The highest BCUT2D eigenvalue weighted by molar-refractivity contribution is 7.17. The zero-order valence-corrected chi connectivity index (χ0v) is 21.8. The van der Waals surface area contributed by atoms with Crippen LogP contribution in [0.5, 0.6) is 5.75 Å². The number of amides is 1. The van der Waals surface area contributed by atoms with Crippen molar-refractivity contribution >= 4 is 56.9 Å². The maximum atomic E-state index is 13.4. The Bertz CT molecular complexity index is 1610. The van der Waals surface area contributed by atoms with E-state index in [-0.39, 0.29) is 30.2 Å². The van der Waals surface area contributed by atoms with Crippen molar-refractivity contribution in [1.82, 2.24) is 4.90 Å². The number of nitrogens with zero attached hydrogens (tertiary/aromatic N) is 2. The van der Waals surface area contributed by atoms with Gasteiger partial charge in [-0.25, -0.2) is 9.79 Å². The first kappa shape index (κ1) is 27.8. The molecule has 3 aromatic carbocycles. The van der Waals surface area contributed by atoms with Crippen LogP contribution < -0.4 is 16.2 Å². The molecule has 0 unspecified atom stereocenters. The molecule has 0 atom stereocenters. The fourth-order valence-corrected chi connectivity index (χ4v) is 4.88. The van der Waals surface area contributed by atoms with Crippen LogP contribution in [-0.2, 0) is 22.6 Å². The van der Waals surface area contributed by atoms with E-state index in [1.807, 2.05) is 0 Å². The minimum atomic E-state index is -1.17. The van der Waals surface area contributed by atoms with Gasteiger partial charge in [0.05, 0.1) is 23.2 Å². The molecule has 0 saturated heterocycles. The molecule has 0 saturated carbocycles. The fourth-order valence-electron chi connectivity index (χ4n) is 3.92. The van der Waals surface area contributed by atoms with Crippen LogP contribution in [0, 0.1) is 0 Å². The smallest absolute Gasteiger partial charge is 0.343 e. The van der Waals surface area contributed by atoms with Gasteiger partial charge in [-0.2, -0.15) is 0 Å². The van der Waals surface area contributed by atoms with Gasteiger partial charge in [0.15, 0.2) is 5.96 Å². The standard InChI is InChI=1S/C28H24N4O7S/c29-28(30)31-19-7-5-18(6-8-19)27(38)39-20-9-10-21-22(15-40-23(21)12-20)26(37)32(14-25(35)36)13-17-3-1-16(2-4-17)11-24(33)34/h1-10,12,15H,11,13-14H2,(H,33,34)(H,35,36)(H4,29,30,31). The summed E-state index contributed by atoms with van der Waals surface area (Å²) in [6, 6.07) is 17.6. The lowest BCUT2D eigenvalue weighted by molar-refractivity contribution is -0.138.